The second-order valence-electron chi connectivity index (χ2n) is 4.58. The molecular weight excluding hydrogens is 250 g/mol. The maximum absolute atomic E-state index is 5.85. The first kappa shape index (κ1) is 13.6. The normalized spacial score (nSPS) is 17.2. The number of hydrogen-bond acceptors (Lipinski definition) is 4. The van der Waals surface area contributed by atoms with E-state index in [0.29, 0.717) is 12.0 Å². The van der Waals surface area contributed by atoms with Crippen molar-refractivity contribution in [3.8, 4) is 0 Å². The topological polar surface area (TPSA) is 38.2 Å². The van der Waals surface area contributed by atoms with Crippen LogP contribution in [0, 0.1) is 6.92 Å². The SMILES string of the molecule is CCOC1CCN(c2nc(C)cc(CCl)n2)CC1. The van der Waals surface area contributed by atoms with Gasteiger partial charge in [0.1, 0.15) is 0 Å². The van der Waals surface area contributed by atoms with Crippen molar-refractivity contribution >= 4 is 17.5 Å². The van der Waals surface area contributed by atoms with Crippen molar-refractivity contribution in [2.24, 2.45) is 0 Å². The van der Waals surface area contributed by atoms with Gasteiger partial charge in [-0.1, -0.05) is 0 Å². The monoisotopic (exact) mass is 269 g/mol. The van der Waals surface area contributed by atoms with Crippen molar-refractivity contribution in [3.63, 3.8) is 0 Å². The molecule has 1 fully saturated rings. The molecule has 18 heavy (non-hydrogen) atoms. The minimum atomic E-state index is 0.392. The summed E-state index contributed by atoms with van der Waals surface area (Å²) < 4.78 is 5.65. The van der Waals surface area contributed by atoms with Gasteiger partial charge in [0.05, 0.1) is 17.7 Å². The molecule has 0 atom stereocenters. The molecule has 100 valence electrons. The van der Waals surface area contributed by atoms with E-state index in [1.807, 2.05) is 19.9 Å². The summed E-state index contributed by atoms with van der Waals surface area (Å²) in [5, 5.41) is 0. The van der Waals surface area contributed by atoms with E-state index in [1.54, 1.807) is 0 Å². The summed E-state index contributed by atoms with van der Waals surface area (Å²) in [7, 11) is 0. The van der Waals surface area contributed by atoms with Gasteiger partial charge in [-0.05, 0) is 32.8 Å². The lowest BCUT2D eigenvalue weighted by Crippen LogP contribution is -2.38. The first-order valence-electron chi connectivity index (χ1n) is 6.50. The highest BCUT2D eigenvalue weighted by atomic mass is 35.5. The summed E-state index contributed by atoms with van der Waals surface area (Å²) in [5.41, 5.74) is 1.87. The van der Waals surface area contributed by atoms with Gasteiger partial charge in [-0.3, -0.25) is 0 Å². The first-order valence-corrected chi connectivity index (χ1v) is 7.03. The fourth-order valence-electron chi connectivity index (χ4n) is 2.28. The van der Waals surface area contributed by atoms with Gasteiger partial charge in [-0.15, -0.1) is 11.6 Å². The highest BCUT2D eigenvalue weighted by molar-refractivity contribution is 6.16. The van der Waals surface area contributed by atoms with Crippen LogP contribution in [0.4, 0.5) is 5.95 Å². The van der Waals surface area contributed by atoms with Crippen LogP contribution in [-0.4, -0.2) is 35.8 Å². The maximum Gasteiger partial charge on any atom is 0.225 e. The van der Waals surface area contributed by atoms with Crippen molar-refractivity contribution in [3.05, 3.63) is 17.5 Å². The van der Waals surface area contributed by atoms with E-state index in [2.05, 4.69) is 14.9 Å². The first-order chi connectivity index (χ1) is 8.72. The quantitative estimate of drug-likeness (QED) is 0.788. The summed E-state index contributed by atoms with van der Waals surface area (Å²) in [5.74, 6) is 1.24. The number of anilines is 1. The molecule has 0 unspecified atom stereocenters. The number of nitrogens with zero attached hydrogens (tertiary/aromatic N) is 3. The third-order valence-corrected chi connectivity index (χ3v) is 3.43. The molecule has 5 heteroatoms. The Kier molecular flexibility index (Phi) is 4.78. The summed E-state index contributed by atoms with van der Waals surface area (Å²) in [4.78, 5) is 11.2. The van der Waals surface area contributed by atoms with Crippen LogP contribution in [0.15, 0.2) is 6.07 Å². The Morgan fingerprint density at radius 1 is 1.39 bits per heavy atom. The van der Waals surface area contributed by atoms with Gasteiger partial charge in [0.2, 0.25) is 5.95 Å². The zero-order chi connectivity index (χ0) is 13.0. The molecule has 0 amide bonds. The van der Waals surface area contributed by atoms with Crippen molar-refractivity contribution in [1.29, 1.82) is 0 Å². The Bertz CT molecular complexity index is 392. The third kappa shape index (κ3) is 3.33. The minimum Gasteiger partial charge on any atom is -0.378 e. The predicted octanol–water partition coefficient (Wildman–Crippen LogP) is 2.53. The third-order valence-electron chi connectivity index (χ3n) is 3.16. The van der Waals surface area contributed by atoms with E-state index >= 15 is 0 Å². The van der Waals surface area contributed by atoms with Crippen LogP contribution in [0.1, 0.15) is 31.2 Å². The Balaban J connectivity index is 2.02. The van der Waals surface area contributed by atoms with Crippen LogP contribution < -0.4 is 4.90 Å². The molecule has 1 saturated heterocycles. The van der Waals surface area contributed by atoms with Gasteiger partial charge in [-0.25, -0.2) is 9.97 Å². The molecule has 2 heterocycles. The van der Waals surface area contributed by atoms with Gasteiger partial charge in [-0.2, -0.15) is 0 Å². The molecule has 1 aliphatic rings. The van der Waals surface area contributed by atoms with Gasteiger partial charge >= 0.3 is 0 Å². The predicted molar refractivity (Wildman–Crippen MR) is 73.2 cm³/mol. The molecule has 1 aliphatic heterocycles. The van der Waals surface area contributed by atoms with Crippen LogP contribution in [0.2, 0.25) is 0 Å². The van der Waals surface area contributed by atoms with E-state index in [1.165, 1.54) is 0 Å². The lowest BCUT2D eigenvalue weighted by Gasteiger charge is -2.32. The van der Waals surface area contributed by atoms with Gasteiger partial charge < -0.3 is 9.64 Å². The highest BCUT2D eigenvalue weighted by Gasteiger charge is 2.21. The Hall–Kier alpha value is -0.870. The molecule has 0 aromatic carbocycles. The number of ether oxygens (including phenoxy) is 1. The van der Waals surface area contributed by atoms with E-state index < -0.39 is 0 Å². The fourth-order valence-corrected chi connectivity index (χ4v) is 2.42. The lowest BCUT2D eigenvalue weighted by atomic mass is 10.1. The van der Waals surface area contributed by atoms with E-state index in [-0.39, 0.29) is 0 Å². The highest BCUT2D eigenvalue weighted by Crippen LogP contribution is 2.19. The van der Waals surface area contributed by atoms with Crippen molar-refractivity contribution in [2.45, 2.75) is 38.7 Å². The molecule has 1 aromatic heterocycles. The summed E-state index contributed by atoms with van der Waals surface area (Å²) in [6, 6.07) is 1.93. The summed E-state index contributed by atoms with van der Waals surface area (Å²) in [6.45, 7) is 6.73. The number of halogens is 1. The number of hydrogen-bond donors (Lipinski definition) is 0. The maximum atomic E-state index is 5.85. The van der Waals surface area contributed by atoms with Gasteiger partial charge in [0.25, 0.3) is 0 Å². The van der Waals surface area contributed by atoms with Crippen molar-refractivity contribution in [1.82, 2.24) is 9.97 Å². The smallest absolute Gasteiger partial charge is 0.225 e. The van der Waals surface area contributed by atoms with Crippen molar-refractivity contribution in [2.75, 3.05) is 24.6 Å². The molecule has 0 radical (unpaired) electrons. The lowest BCUT2D eigenvalue weighted by molar-refractivity contribution is 0.0457. The van der Waals surface area contributed by atoms with Crippen LogP contribution >= 0.6 is 11.6 Å². The second kappa shape index (κ2) is 6.34. The number of alkyl halides is 1. The number of aryl methyl sites for hydroxylation is 1. The molecule has 4 nitrogen and oxygen atoms in total. The standard InChI is InChI=1S/C13H20ClN3O/c1-3-18-12-4-6-17(7-5-12)13-15-10(2)8-11(9-14)16-13/h8,12H,3-7,9H2,1-2H3. The van der Waals surface area contributed by atoms with E-state index in [9.17, 15) is 0 Å². The van der Waals surface area contributed by atoms with Gasteiger partial charge in [0, 0.05) is 25.4 Å². The number of piperidine rings is 1. The van der Waals surface area contributed by atoms with Gasteiger partial charge in [0.15, 0.2) is 0 Å². The molecule has 1 aromatic rings. The average Bonchev–Trinajstić information content (AvgIpc) is 2.39. The molecule has 0 aliphatic carbocycles. The molecule has 0 spiro atoms. The molecule has 0 N–H and O–H groups in total. The second-order valence-corrected chi connectivity index (χ2v) is 4.84. The minimum absolute atomic E-state index is 0.392. The Labute approximate surface area is 113 Å². The van der Waals surface area contributed by atoms with Crippen LogP contribution in [0.25, 0.3) is 0 Å². The molecule has 0 bridgehead atoms. The molecule has 0 saturated carbocycles. The molecular formula is C13H20ClN3O. The van der Waals surface area contributed by atoms with E-state index in [0.717, 1.165) is 49.9 Å². The largest absolute Gasteiger partial charge is 0.378 e. The Morgan fingerprint density at radius 3 is 2.72 bits per heavy atom. The fraction of sp³-hybridized carbons (Fsp3) is 0.692. The van der Waals surface area contributed by atoms with Crippen LogP contribution in [0.3, 0.4) is 0 Å². The molecule has 2 rings (SSSR count). The van der Waals surface area contributed by atoms with Crippen molar-refractivity contribution < 1.29 is 4.74 Å². The van der Waals surface area contributed by atoms with E-state index in [4.69, 9.17) is 16.3 Å². The average molecular weight is 270 g/mol. The zero-order valence-electron chi connectivity index (χ0n) is 11.0. The zero-order valence-corrected chi connectivity index (χ0v) is 11.8. The van der Waals surface area contributed by atoms with Crippen LogP contribution in [0.5, 0.6) is 0 Å². The van der Waals surface area contributed by atoms with Crippen LogP contribution in [-0.2, 0) is 10.6 Å². The summed E-state index contributed by atoms with van der Waals surface area (Å²) >= 11 is 5.85. The number of rotatable bonds is 4. The summed E-state index contributed by atoms with van der Waals surface area (Å²) in [6.07, 6.45) is 2.48. The Morgan fingerprint density at radius 2 is 2.11 bits per heavy atom. The number of aromatic nitrogens is 2.